The maximum Gasteiger partial charge on any atom is 0.331 e. The van der Waals surface area contributed by atoms with Gasteiger partial charge in [0.15, 0.2) is 5.54 Å². The number of hydrogen-bond donors (Lipinski definition) is 2. The van der Waals surface area contributed by atoms with Crippen molar-refractivity contribution < 1.29 is 24.2 Å². The normalized spacial score (nSPS) is 21.4. The van der Waals surface area contributed by atoms with Gasteiger partial charge < -0.3 is 19.9 Å². The average molecular weight is 279 g/mol. The predicted octanol–water partition coefficient (Wildman–Crippen LogP) is 0.598. The van der Waals surface area contributed by atoms with Crippen molar-refractivity contribution in [1.82, 2.24) is 5.32 Å². The van der Waals surface area contributed by atoms with E-state index in [9.17, 15) is 14.7 Å². The number of aliphatic carboxylic acids is 1. The van der Waals surface area contributed by atoms with E-state index >= 15 is 0 Å². The Bertz CT molecular complexity index is 491. The summed E-state index contributed by atoms with van der Waals surface area (Å²) in [4.78, 5) is 23.3. The second-order valence-electron chi connectivity index (χ2n) is 4.76. The Kier molecular flexibility index (Phi) is 4.24. The van der Waals surface area contributed by atoms with Crippen LogP contribution in [0.2, 0.25) is 0 Å². The summed E-state index contributed by atoms with van der Waals surface area (Å²) in [6.45, 7) is 0.353. The average Bonchev–Trinajstić information content (AvgIpc) is 2.89. The van der Waals surface area contributed by atoms with Crippen LogP contribution in [-0.4, -0.2) is 42.8 Å². The molecule has 1 fully saturated rings. The molecule has 1 amide bonds. The summed E-state index contributed by atoms with van der Waals surface area (Å²) in [5, 5.41) is 11.8. The summed E-state index contributed by atoms with van der Waals surface area (Å²) in [6.07, 6.45) is 0.412. The van der Waals surface area contributed by atoms with Gasteiger partial charge in [-0.05, 0) is 17.7 Å². The van der Waals surface area contributed by atoms with Crippen molar-refractivity contribution >= 4 is 11.9 Å². The Labute approximate surface area is 116 Å². The van der Waals surface area contributed by atoms with Gasteiger partial charge in [0.2, 0.25) is 5.91 Å². The van der Waals surface area contributed by atoms with E-state index in [2.05, 4.69) is 5.32 Å². The summed E-state index contributed by atoms with van der Waals surface area (Å²) >= 11 is 0. The number of hydrogen-bond acceptors (Lipinski definition) is 4. The summed E-state index contributed by atoms with van der Waals surface area (Å²) in [7, 11) is 1.57. The predicted molar refractivity (Wildman–Crippen MR) is 70.6 cm³/mol. The van der Waals surface area contributed by atoms with Gasteiger partial charge in [0.25, 0.3) is 0 Å². The molecule has 0 aromatic heterocycles. The van der Waals surface area contributed by atoms with Gasteiger partial charge >= 0.3 is 5.97 Å². The monoisotopic (exact) mass is 279 g/mol. The first-order chi connectivity index (χ1) is 9.55. The van der Waals surface area contributed by atoms with Crippen LogP contribution in [0.4, 0.5) is 0 Å². The van der Waals surface area contributed by atoms with E-state index < -0.39 is 11.5 Å². The third kappa shape index (κ3) is 3.08. The van der Waals surface area contributed by atoms with Gasteiger partial charge in [-0.1, -0.05) is 12.1 Å². The molecule has 20 heavy (non-hydrogen) atoms. The van der Waals surface area contributed by atoms with Gasteiger partial charge in [-0.3, -0.25) is 4.79 Å². The maximum atomic E-state index is 12.0. The van der Waals surface area contributed by atoms with Crippen molar-refractivity contribution in [2.45, 2.75) is 18.4 Å². The first-order valence-corrected chi connectivity index (χ1v) is 6.31. The number of carbonyl (C=O) groups excluding carboxylic acids is 1. The Morgan fingerprint density at radius 3 is 2.60 bits per heavy atom. The van der Waals surface area contributed by atoms with Crippen molar-refractivity contribution in [2.24, 2.45) is 0 Å². The lowest BCUT2D eigenvalue weighted by Crippen LogP contribution is -2.55. The summed E-state index contributed by atoms with van der Waals surface area (Å²) < 4.78 is 10.1. The minimum Gasteiger partial charge on any atom is -0.497 e. The second-order valence-corrected chi connectivity index (χ2v) is 4.76. The zero-order chi connectivity index (χ0) is 14.6. The van der Waals surface area contributed by atoms with E-state index in [1.165, 1.54) is 0 Å². The minimum absolute atomic E-state index is 0.0106. The first-order valence-electron chi connectivity index (χ1n) is 6.31. The van der Waals surface area contributed by atoms with E-state index in [0.29, 0.717) is 12.4 Å². The molecule has 0 saturated carbocycles. The molecule has 1 aromatic rings. The van der Waals surface area contributed by atoms with E-state index in [0.717, 1.165) is 5.56 Å². The summed E-state index contributed by atoms with van der Waals surface area (Å²) in [5.41, 5.74) is -0.494. The van der Waals surface area contributed by atoms with Gasteiger partial charge in [0.05, 0.1) is 20.1 Å². The Balaban J connectivity index is 1.99. The zero-order valence-corrected chi connectivity index (χ0v) is 11.2. The molecule has 1 aromatic carbocycles. The molecule has 1 saturated heterocycles. The smallest absolute Gasteiger partial charge is 0.331 e. The quantitative estimate of drug-likeness (QED) is 0.824. The molecule has 108 valence electrons. The molecular formula is C14H17NO5. The standard InChI is InChI=1S/C14H17NO5/c1-19-11-4-2-10(3-5-11)8-12(16)15-14(13(17)18)6-7-20-9-14/h2-5H,6-9H2,1H3,(H,15,16)(H,17,18). The molecule has 0 aliphatic carbocycles. The highest BCUT2D eigenvalue weighted by molar-refractivity contribution is 5.88. The molecule has 1 atom stereocenters. The van der Waals surface area contributed by atoms with E-state index in [1.54, 1.807) is 31.4 Å². The maximum absolute atomic E-state index is 12.0. The molecule has 1 heterocycles. The van der Waals surface area contributed by atoms with Crippen LogP contribution in [0.1, 0.15) is 12.0 Å². The second kappa shape index (κ2) is 5.92. The number of methoxy groups -OCH3 is 1. The van der Waals surface area contributed by atoms with Crippen LogP contribution in [0.5, 0.6) is 5.75 Å². The SMILES string of the molecule is COc1ccc(CC(=O)NC2(C(=O)O)CCOC2)cc1. The third-order valence-corrected chi connectivity index (χ3v) is 3.33. The highest BCUT2D eigenvalue weighted by Crippen LogP contribution is 2.19. The molecule has 1 aliphatic heterocycles. The summed E-state index contributed by atoms with van der Waals surface area (Å²) in [6, 6.07) is 7.07. The molecule has 2 N–H and O–H groups in total. The van der Waals surface area contributed by atoms with Crippen LogP contribution < -0.4 is 10.1 Å². The molecule has 6 heteroatoms. The lowest BCUT2D eigenvalue weighted by Gasteiger charge is -2.23. The van der Waals surface area contributed by atoms with Crippen LogP contribution in [0.15, 0.2) is 24.3 Å². The first kappa shape index (κ1) is 14.3. The number of ether oxygens (including phenoxy) is 2. The number of carbonyl (C=O) groups is 2. The number of carboxylic acids is 1. The molecule has 0 bridgehead atoms. The lowest BCUT2D eigenvalue weighted by atomic mass is 9.98. The fourth-order valence-electron chi connectivity index (χ4n) is 2.13. The van der Waals surface area contributed by atoms with Crippen molar-refractivity contribution in [3.8, 4) is 5.75 Å². The minimum atomic E-state index is -1.29. The summed E-state index contributed by atoms with van der Waals surface area (Å²) in [5.74, 6) is -0.679. The Morgan fingerprint density at radius 1 is 1.40 bits per heavy atom. The zero-order valence-electron chi connectivity index (χ0n) is 11.2. The van der Waals surface area contributed by atoms with Crippen molar-refractivity contribution in [3.05, 3.63) is 29.8 Å². The van der Waals surface area contributed by atoms with Crippen LogP contribution in [-0.2, 0) is 20.7 Å². The molecule has 1 unspecified atom stereocenters. The molecule has 1 aliphatic rings. The molecule has 0 spiro atoms. The van der Waals surface area contributed by atoms with Gasteiger partial charge in [-0.15, -0.1) is 0 Å². The Hall–Kier alpha value is -2.08. The number of nitrogens with one attached hydrogen (secondary N) is 1. The molecular weight excluding hydrogens is 262 g/mol. The van der Waals surface area contributed by atoms with Crippen LogP contribution in [0.25, 0.3) is 0 Å². The number of rotatable bonds is 5. The van der Waals surface area contributed by atoms with Crippen LogP contribution in [0.3, 0.4) is 0 Å². The Morgan fingerprint density at radius 2 is 2.10 bits per heavy atom. The van der Waals surface area contributed by atoms with E-state index in [4.69, 9.17) is 9.47 Å². The van der Waals surface area contributed by atoms with Gasteiger partial charge in [-0.25, -0.2) is 4.79 Å². The van der Waals surface area contributed by atoms with Crippen LogP contribution >= 0.6 is 0 Å². The van der Waals surface area contributed by atoms with Crippen molar-refractivity contribution in [2.75, 3.05) is 20.3 Å². The number of benzene rings is 1. The largest absolute Gasteiger partial charge is 0.497 e. The fourth-order valence-corrected chi connectivity index (χ4v) is 2.13. The topological polar surface area (TPSA) is 84.9 Å². The third-order valence-electron chi connectivity index (χ3n) is 3.33. The highest BCUT2D eigenvalue weighted by atomic mass is 16.5. The highest BCUT2D eigenvalue weighted by Gasteiger charge is 2.43. The van der Waals surface area contributed by atoms with E-state index in [-0.39, 0.29) is 25.4 Å². The molecule has 2 rings (SSSR count). The van der Waals surface area contributed by atoms with Gasteiger partial charge in [0.1, 0.15) is 5.75 Å². The van der Waals surface area contributed by atoms with Crippen LogP contribution in [0, 0.1) is 0 Å². The fraction of sp³-hybridized carbons (Fsp3) is 0.429. The molecule has 0 radical (unpaired) electrons. The van der Waals surface area contributed by atoms with Gasteiger partial charge in [-0.2, -0.15) is 0 Å². The number of carboxylic acid groups (broad SMARTS) is 1. The molecule has 6 nitrogen and oxygen atoms in total. The van der Waals surface area contributed by atoms with E-state index in [1.807, 2.05) is 0 Å². The van der Waals surface area contributed by atoms with Crippen molar-refractivity contribution in [1.29, 1.82) is 0 Å². The van der Waals surface area contributed by atoms with Gasteiger partial charge in [0, 0.05) is 13.0 Å². The van der Waals surface area contributed by atoms with Crippen molar-refractivity contribution in [3.63, 3.8) is 0 Å². The number of amides is 1. The lowest BCUT2D eigenvalue weighted by molar-refractivity contribution is -0.147.